The number of carbonyl (C=O) groups excluding carboxylic acids is 1. The number of rotatable bonds is 7. The van der Waals surface area contributed by atoms with Crippen LogP contribution in [0.2, 0.25) is 15.1 Å². The number of nitrogens with one attached hydrogen (secondary N) is 1. The van der Waals surface area contributed by atoms with Crippen molar-refractivity contribution in [2.45, 2.75) is 6.54 Å². The van der Waals surface area contributed by atoms with Crippen molar-refractivity contribution in [1.82, 2.24) is 10.2 Å². The first-order valence-electron chi connectivity index (χ1n) is 10.0. The van der Waals surface area contributed by atoms with E-state index in [4.69, 9.17) is 34.8 Å². The number of benzene rings is 3. The Morgan fingerprint density at radius 1 is 0.943 bits per heavy atom. The highest BCUT2D eigenvalue weighted by atomic mass is 35.5. The van der Waals surface area contributed by atoms with Crippen LogP contribution in [-0.2, 0) is 16.6 Å². The van der Waals surface area contributed by atoms with Crippen LogP contribution >= 0.6 is 46.1 Å². The molecule has 0 unspecified atom stereocenters. The number of hydrogen-bond acceptors (Lipinski definition) is 6. The van der Waals surface area contributed by atoms with E-state index in [0.717, 1.165) is 11.8 Å². The topological polar surface area (TPSA) is 92.3 Å². The van der Waals surface area contributed by atoms with Gasteiger partial charge in [0.1, 0.15) is 5.01 Å². The van der Waals surface area contributed by atoms with Crippen molar-refractivity contribution in [3.8, 4) is 10.6 Å². The molecule has 0 saturated carbocycles. The molecule has 12 heteroatoms. The third-order valence-electron chi connectivity index (χ3n) is 4.92. The van der Waals surface area contributed by atoms with Gasteiger partial charge in [0.25, 0.3) is 5.91 Å². The van der Waals surface area contributed by atoms with Gasteiger partial charge in [0.05, 0.1) is 18.5 Å². The molecule has 0 spiro atoms. The monoisotopic (exact) mass is 566 g/mol. The summed E-state index contributed by atoms with van der Waals surface area (Å²) < 4.78 is 26.2. The molecule has 0 bridgehead atoms. The van der Waals surface area contributed by atoms with Gasteiger partial charge in [-0.2, -0.15) is 0 Å². The molecule has 0 aliphatic rings. The second-order valence-corrected chi connectivity index (χ2v) is 11.5. The van der Waals surface area contributed by atoms with Crippen LogP contribution in [0.5, 0.6) is 0 Å². The van der Waals surface area contributed by atoms with E-state index in [9.17, 15) is 13.2 Å². The second-order valence-electron chi connectivity index (χ2n) is 7.39. The van der Waals surface area contributed by atoms with Gasteiger partial charge in [-0.15, -0.1) is 10.2 Å². The summed E-state index contributed by atoms with van der Waals surface area (Å²) in [5.74, 6) is -0.407. The maximum atomic E-state index is 12.7. The van der Waals surface area contributed by atoms with Gasteiger partial charge in [0.2, 0.25) is 15.2 Å². The molecule has 180 valence electrons. The van der Waals surface area contributed by atoms with Crippen molar-refractivity contribution in [3.05, 3.63) is 92.9 Å². The maximum Gasteiger partial charge on any atom is 0.257 e. The van der Waals surface area contributed by atoms with Crippen molar-refractivity contribution < 1.29 is 13.2 Å². The predicted octanol–water partition coefficient (Wildman–Crippen LogP) is 6.38. The molecule has 0 atom stereocenters. The Labute approximate surface area is 221 Å². The van der Waals surface area contributed by atoms with Gasteiger partial charge in [0.15, 0.2) is 0 Å². The SMILES string of the molecule is CS(=O)(=O)N(Cc1c(Cl)cccc1Cl)c1ccc(C(=O)Nc2nnc(-c3ccc(Cl)cc3)s2)cc1. The Balaban J connectivity index is 1.51. The molecule has 0 radical (unpaired) electrons. The molecule has 0 fully saturated rings. The lowest BCUT2D eigenvalue weighted by Gasteiger charge is -2.23. The zero-order valence-electron chi connectivity index (χ0n) is 18.1. The van der Waals surface area contributed by atoms with Crippen molar-refractivity contribution in [3.63, 3.8) is 0 Å². The molecule has 0 aliphatic carbocycles. The van der Waals surface area contributed by atoms with Gasteiger partial charge in [0, 0.05) is 31.8 Å². The molecule has 0 saturated heterocycles. The van der Waals surface area contributed by atoms with Crippen LogP contribution in [0.25, 0.3) is 10.6 Å². The number of hydrogen-bond donors (Lipinski definition) is 1. The summed E-state index contributed by atoms with van der Waals surface area (Å²) in [7, 11) is -3.67. The molecule has 1 heterocycles. The fourth-order valence-electron chi connectivity index (χ4n) is 3.16. The van der Waals surface area contributed by atoms with Crippen LogP contribution in [0.1, 0.15) is 15.9 Å². The summed E-state index contributed by atoms with van der Waals surface area (Å²) in [4.78, 5) is 12.7. The zero-order chi connectivity index (χ0) is 25.2. The first kappa shape index (κ1) is 25.4. The first-order chi connectivity index (χ1) is 16.6. The minimum absolute atomic E-state index is 0.0544. The van der Waals surface area contributed by atoms with Crippen LogP contribution < -0.4 is 9.62 Å². The first-order valence-corrected chi connectivity index (χ1v) is 13.8. The number of aromatic nitrogens is 2. The molecule has 1 aromatic heterocycles. The normalized spacial score (nSPS) is 11.3. The maximum absolute atomic E-state index is 12.7. The fraction of sp³-hybridized carbons (Fsp3) is 0.0870. The van der Waals surface area contributed by atoms with Gasteiger partial charge >= 0.3 is 0 Å². The number of halogens is 3. The number of sulfonamides is 1. The molecule has 1 N–H and O–H groups in total. The van der Waals surface area contributed by atoms with E-state index in [-0.39, 0.29) is 6.54 Å². The highest BCUT2D eigenvalue weighted by Gasteiger charge is 2.21. The molecule has 1 amide bonds. The van der Waals surface area contributed by atoms with E-state index in [2.05, 4.69) is 15.5 Å². The molecule has 4 rings (SSSR count). The molecule has 4 aromatic rings. The average Bonchev–Trinajstić information content (AvgIpc) is 3.27. The van der Waals surface area contributed by atoms with Crippen LogP contribution in [0.15, 0.2) is 66.7 Å². The lowest BCUT2D eigenvalue weighted by atomic mass is 10.1. The van der Waals surface area contributed by atoms with Gasteiger partial charge < -0.3 is 0 Å². The summed E-state index contributed by atoms with van der Waals surface area (Å²) in [5.41, 5.74) is 1.99. The van der Waals surface area contributed by atoms with E-state index in [1.54, 1.807) is 42.5 Å². The Morgan fingerprint density at radius 3 is 2.17 bits per heavy atom. The third-order valence-corrected chi connectivity index (χ3v) is 7.91. The molecule has 3 aromatic carbocycles. The quantitative estimate of drug-likeness (QED) is 0.280. The Hall–Kier alpha value is -2.69. The van der Waals surface area contributed by atoms with Crippen LogP contribution in [0.4, 0.5) is 10.8 Å². The van der Waals surface area contributed by atoms with E-state index in [0.29, 0.717) is 42.0 Å². The molecular weight excluding hydrogens is 551 g/mol. The van der Waals surface area contributed by atoms with Crippen molar-refractivity contribution >= 4 is 72.9 Å². The largest absolute Gasteiger partial charge is 0.296 e. The minimum atomic E-state index is -3.67. The summed E-state index contributed by atoms with van der Waals surface area (Å²) in [6.07, 6.45) is 1.09. The summed E-state index contributed by atoms with van der Waals surface area (Å²) >= 11 is 19.6. The zero-order valence-corrected chi connectivity index (χ0v) is 22.0. The molecule has 7 nitrogen and oxygen atoms in total. The third kappa shape index (κ3) is 6.12. The van der Waals surface area contributed by atoms with Crippen LogP contribution in [0.3, 0.4) is 0 Å². The highest BCUT2D eigenvalue weighted by Crippen LogP contribution is 2.30. The van der Waals surface area contributed by atoms with E-state index in [1.165, 1.54) is 27.8 Å². The van der Waals surface area contributed by atoms with E-state index < -0.39 is 15.9 Å². The van der Waals surface area contributed by atoms with Gasteiger partial charge in [-0.3, -0.25) is 14.4 Å². The van der Waals surface area contributed by atoms with Crippen molar-refractivity contribution in [1.29, 1.82) is 0 Å². The Morgan fingerprint density at radius 2 is 1.57 bits per heavy atom. The Kier molecular flexibility index (Phi) is 7.63. The van der Waals surface area contributed by atoms with Gasteiger partial charge in [-0.05, 0) is 48.5 Å². The number of nitrogens with zero attached hydrogens (tertiary/aromatic N) is 3. The van der Waals surface area contributed by atoms with Crippen molar-refractivity contribution in [2.24, 2.45) is 0 Å². The lowest BCUT2D eigenvalue weighted by Crippen LogP contribution is -2.29. The van der Waals surface area contributed by atoms with Crippen LogP contribution in [-0.4, -0.2) is 30.8 Å². The lowest BCUT2D eigenvalue weighted by molar-refractivity contribution is 0.102. The smallest absolute Gasteiger partial charge is 0.257 e. The highest BCUT2D eigenvalue weighted by molar-refractivity contribution is 7.92. The van der Waals surface area contributed by atoms with Crippen LogP contribution in [0, 0.1) is 0 Å². The number of amides is 1. The molecular formula is C23H17Cl3N4O3S2. The van der Waals surface area contributed by atoms with Gasteiger partial charge in [-0.25, -0.2) is 8.42 Å². The minimum Gasteiger partial charge on any atom is -0.296 e. The standard InChI is InChI=1S/C23H17Cl3N4O3S2/c1-35(32,33)30(13-18-19(25)3-2-4-20(18)26)17-11-7-14(8-12-17)21(31)27-23-29-28-22(34-23)15-5-9-16(24)10-6-15/h2-12H,13H2,1H3,(H,27,29,31). The number of anilines is 2. The van der Waals surface area contributed by atoms with E-state index in [1.807, 2.05) is 12.1 Å². The van der Waals surface area contributed by atoms with Crippen molar-refractivity contribution in [2.75, 3.05) is 15.9 Å². The van der Waals surface area contributed by atoms with Gasteiger partial charge in [-0.1, -0.05) is 64.3 Å². The number of carbonyl (C=O) groups is 1. The second kappa shape index (κ2) is 10.5. The summed E-state index contributed by atoms with van der Waals surface area (Å²) in [6, 6.07) is 18.2. The molecule has 35 heavy (non-hydrogen) atoms. The predicted molar refractivity (Wildman–Crippen MR) is 142 cm³/mol. The fourth-order valence-corrected chi connectivity index (χ4v) is 5.41. The average molecular weight is 568 g/mol. The summed E-state index contributed by atoms with van der Waals surface area (Å²) in [5, 5.41) is 13.1. The van der Waals surface area contributed by atoms with E-state index >= 15 is 0 Å². The summed E-state index contributed by atoms with van der Waals surface area (Å²) in [6.45, 7) is -0.0544. The molecule has 0 aliphatic heterocycles. The Bertz CT molecular complexity index is 1450.